The van der Waals surface area contributed by atoms with E-state index < -0.39 is 5.82 Å². The summed E-state index contributed by atoms with van der Waals surface area (Å²) in [6.45, 7) is 3.72. The molecule has 2 rings (SSSR count). The molecule has 2 aromatic rings. The van der Waals surface area contributed by atoms with E-state index >= 15 is 0 Å². The van der Waals surface area contributed by atoms with Crippen LogP contribution in [0, 0.1) is 25.1 Å². The van der Waals surface area contributed by atoms with Crippen molar-refractivity contribution >= 4 is 17.4 Å². The minimum absolute atomic E-state index is 0.0797. The number of hydrogen-bond acceptors (Lipinski definition) is 2. The quantitative estimate of drug-likeness (QED) is 0.659. The Morgan fingerprint density at radius 2 is 1.80 bits per heavy atom. The maximum atomic E-state index is 13.9. The number of rotatable bonds is 3. The second-order valence-electron chi connectivity index (χ2n) is 4.53. The standard InChI is InChI=1S/C15H14ClFN2O/c1-8-5-11(6-9(2)14(8)16)20-13-4-3-10(15(18)19)7-12(13)17/h3-7H,1-2H3,(H3,18,19). The van der Waals surface area contributed by atoms with Crippen LogP contribution in [-0.4, -0.2) is 5.84 Å². The number of amidine groups is 1. The summed E-state index contributed by atoms with van der Waals surface area (Å²) in [4.78, 5) is 0. The molecule has 2 aromatic carbocycles. The topological polar surface area (TPSA) is 59.1 Å². The Morgan fingerprint density at radius 1 is 1.20 bits per heavy atom. The van der Waals surface area contributed by atoms with Gasteiger partial charge in [0.25, 0.3) is 0 Å². The van der Waals surface area contributed by atoms with Crippen molar-refractivity contribution < 1.29 is 9.13 Å². The monoisotopic (exact) mass is 292 g/mol. The Kier molecular flexibility index (Phi) is 3.95. The molecule has 0 aliphatic rings. The Balaban J connectivity index is 2.33. The number of benzene rings is 2. The van der Waals surface area contributed by atoms with Crippen LogP contribution in [0.4, 0.5) is 4.39 Å². The van der Waals surface area contributed by atoms with Gasteiger partial charge in [0.15, 0.2) is 11.6 Å². The van der Waals surface area contributed by atoms with Crippen LogP contribution in [0.1, 0.15) is 16.7 Å². The van der Waals surface area contributed by atoms with Crippen LogP contribution in [0.5, 0.6) is 11.5 Å². The number of ether oxygens (including phenoxy) is 1. The van der Waals surface area contributed by atoms with E-state index in [0.717, 1.165) is 11.1 Å². The third kappa shape index (κ3) is 2.91. The lowest BCUT2D eigenvalue weighted by molar-refractivity contribution is 0.441. The van der Waals surface area contributed by atoms with E-state index in [0.29, 0.717) is 16.3 Å². The predicted octanol–water partition coefficient (Wildman–Crippen LogP) is 4.17. The van der Waals surface area contributed by atoms with Gasteiger partial charge in [-0.15, -0.1) is 0 Å². The second kappa shape index (κ2) is 5.51. The summed E-state index contributed by atoms with van der Waals surface area (Å²) in [5, 5.41) is 7.93. The molecule has 5 heteroatoms. The number of aryl methyl sites for hydroxylation is 2. The van der Waals surface area contributed by atoms with Gasteiger partial charge in [-0.25, -0.2) is 4.39 Å². The number of nitrogens with one attached hydrogen (secondary N) is 1. The van der Waals surface area contributed by atoms with Crippen molar-refractivity contribution in [1.29, 1.82) is 5.41 Å². The lowest BCUT2D eigenvalue weighted by atomic mass is 10.1. The maximum Gasteiger partial charge on any atom is 0.166 e. The van der Waals surface area contributed by atoms with Gasteiger partial charge < -0.3 is 10.5 Å². The van der Waals surface area contributed by atoms with Gasteiger partial charge in [-0.1, -0.05) is 11.6 Å². The zero-order valence-electron chi connectivity index (χ0n) is 11.1. The molecule has 0 aromatic heterocycles. The van der Waals surface area contributed by atoms with Crippen molar-refractivity contribution in [3.63, 3.8) is 0 Å². The smallest absolute Gasteiger partial charge is 0.166 e. The molecule has 104 valence electrons. The van der Waals surface area contributed by atoms with E-state index in [1.807, 2.05) is 13.8 Å². The summed E-state index contributed by atoms with van der Waals surface area (Å²) in [6.07, 6.45) is 0. The zero-order valence-corrected chi connectivity index (χ0v) is 11.9. The van der Waals surface area contributed by atoms with E-state index in [1.54, 1.807) is 12.1 Å². The Hall–Kier alpha value is -2.07. The van der Waals surface area contributed by atoms with Crippen molar-refractivity contribution in [2.75, 3.05) is 0 Å². The van der Waals surface area contributed by atoms with Gasteiger partial charge in [0.05, 0.1) is 0 Å². The molecule has 0 amide bonds. The predicted molar refractivity (Wildman–Crippen MR) is 78.4 cm³/mol. The Labute approximate surface area is 121 Å². The Morgan fingerprint density at radius 3 is 2.30 bits per heavy atom. The molecule has 0 aliphatic carbocycles. The summed E-state index contributed by atoms with van der Waals surface area (Å²) < 4.78 is 19.4. The van der Waals surface area contributed by atoms with Gasteiger partial charge in [0.1, 0.15) is 11.6 Å². The van der Waals surface area contributed by atoms with Crippen LogP contribution in [0.25, 0.3) is 0 Å². The summed E-state index contributed by atoms with van der Waals surface area (Å²) in [5.74, 6) is -0.161. The first kappa shape index (κ1) is 14.3. The van der Waals surface area contributed by atoms with E-state index in [4.69, 9.17) is 27.5 Å². The fraction of sp³-hybridized carbons (Fsp3) is 0.133. The van der Waals surface area contributed by atoms with E-state index in [9.17, 15) is 4.39 Å². The lowest BCUT2D eigenvalue weighted by Crippen LogP contribution is -2.11. The van der Waals surface area contributed by atoms with Crippen molar-refractivity contribution in [3.05, 3.63) is 57.9 Å². The lowest BCUT2D eigenvalue weighted by Gasteiger charge is -2.11. The first-order chi connectivity index (χ1) is 9.38. The molecule has 0 unspecified atom stereocenters. The molecule has 0 aliphatic heterocycles. The fourth-order valence-corrected chi connectivity index (χ4v) is 1.95. The number of nitrogen functional groups attached to an aromatic ring is 1. The summed E-state index contributed by atoms with van der Waals surface area (Å²) in [7, 11) is 0. The molecule has 0 heterocycles. The Bertz CT molecular complexity index is 663. The van der Waals surface area contributed by atoms with Crippen molar-refractivity contribution in [1.82, 2.24) is 0 Å². The first-order valence-electron chi connectivity index (χ1n) is 5.97. The summed E-state index contributed by atoms with van der Waals surface area (Å²) >= 11 is 6.07. The molecule has 0 saturated heterocycles. The largest absolute Gasteiger partial charge is 0.454 e. The van der Waals surface area contributed by atoms with Gasteiger partial charge in [-0.3, -0.25) is 5.41 Å². The van der Waals surface area contributed by atoms with Crippen LogP contribution in [0.2, 0.25) is 5.02 Å². The molecule has 0 spiro atoms. The molecule has 0 saturated carbocycles. The zero-order chi connectivity index (χ0) is 14.9. The van der Waals surface area contributed by atoms with Gasteiger partial charge in [-0.2, -0.15) is 0 Å². The van der Waals surface area contributed by atoms with Crippen LogP contribution >= 0.6 is 11.6 Å². The summed E-state index contributed by atoms with van der Waals surface area (Å²) in [6, 6.07) is 7.65. The molecule has 3 N–H and O–H groups in total. The van der Waals surface area contributed by atoms with Gasteiger partial charge in [-0.05, 0) is 55.3 Å². The molecule has 3 nitrogen and oxygen atoms in total. The highest BCUT2D eigenvalue weighted by Crippen LogP contribution is 2.30. The number of halogens is 2. The van der Waals surface area contributed by atoms with E-state index in [2.05, 4.69) is 0 Å². The van der Waals surface area contributed by atoms with Gasteiger partial charge in [0.2, 0.25) is 0 Å². The SMILES string of the molecule is Cc1cc(Oc2ccc(C(=N)N)cc2F)cc(C)c1Cl. The molecular weight excluding hydrogens is 279 g/mol. The highest BCUT2D eigenvalue weighted by Gasteiger charge is 2.09. The second-order valence-corrected chi connectivity index (χ2v) is 4.91. The van der Waals surface area contributed by atoms with Gasteiger partial charge >= 0.3 is 0 Å². The van der Waals surface area contributed by atoms with E-state index in [1.165, 1.54) is 18.2 Å². The highest BCUT2D eigenvalue weighted by molar-refractivity contribution is 6.32. The fourth-order valence-electron chi connectivity index (χ4n) is 1.84. The van der Waals surface area contributed by atoms with Crippen LogP contribution in [0.15, 0.2) is 30.3 Å². The van der Waals surface area contributed by atoms with E-state index in [-0.39, 0.29) is 11.6 Å². The minimum Gasteiger partial charge on any atom is -0.454 e. The molecule has 0 radical (unpaired) electrons. The average molecular weight is 293 g/mol. The minimum atomic E-state index is -0.567. The third-order valence-corrected chi connectivity index (χ3v) is 3.48. The number of nitrogens with two attached hydrogens (primary N) is 1. The number of hydrogen-bond donors (Lipinski definition) is 2. The molecular formula is C15H14ClFN2O. The summed E-state index contributed by atoms with van der Waals surface area (Å²) in [5.41, 5.74) is 7.35. The van der Waals surface area contributed by atoms with Crippen molar-refractivity contribution in [2.45, 2.75) is 13.8 Å². The van der Waals surface area contributed by atoms with Crippen LogP contribution < -0.4 is 10.5 Å². The van der Waals surface area contributed by atoms with Gasteiger partial charge in [0, 0.05) is 10.6 Å². The highest BCUT2D eigenvalue weighted by atomic mass is 35.5. The average Bonchev–Trinajstić information content (AvgIpc) is 2.38. The third-order valence-electron chi connectivity index (χ3n) is 2.88. The molecule has 0 atom stereocenters. The van der Waals surface area contributed by atoms with Crippen LogP contribution in [-0.2, 0) is 0 Å². The first-order valence-corrected chi connectivity index (χ1v) is 6.35. The maximum absolute atomic E-state index is 13.9. The molecule has 20 heavy (non-hydrogen) atoms. The normalized spacial score (nSPS) is 10.4. The molecule has 0 fully saturated rings. The van der Waals surface area contributed by atoms with Crippen LogP contribution in [0.3, 0.4) is 0 Å². The van der Waals surface area contributed by atoms with Crippen molar-refractivity contribution in [2.24, 2.45) is 5.73 Å². The molecule has 0 bridgehead atoms. The van der Waals surface area contributed by atoms with Crippen molar-refractivity contribution in [3.8, 4) is 11.5 Å².